The van der Waals surface area contributed by atoms with E-state index in [1.165, 1.54) is 5.56 Å². The van der Waals surface area contributed by atoms with Crippen LogP contribution in [-0.4, -0.2) is 76.0 Å². The van der Waals surface area contributed by atoms with Crippen molar-refractivity contribution in [3.63, 3.8) is 0 Å². The Kier molecular flexibility index (Phi) is 4.50. The normalized spacial score (nSPS) is 21.6. The van der Waals surface area contributed by atoms with E-state index >= 15 is 0 Å². The van der Waals surface area contributed by atoms with Gasteiger partial charge in [0.05, 0.1) is 11.9 Å². The number of piperazine rings is 1. The highest BCUT2D eigenvalue weighted by Gasteiger charge is 2.32. The molecule has 25 heavy (non-hydrogen) atoms. The van der Waals surface area contributed by atoms with E-state index in [4.69, 9.17) is 0 Å². The van der Waals surface area contributed by atoms with Gasteiger partial charge in [-0.1, -0.05) is 22.9 Å². The van der Waals surface area contributed by atoms with Gasteiger partial charge in [0, 0.05) is 45.3 Å². The first-order chi connectivity index (χ1) is 12.2. The van der Waals surface area contributed by atoms with E-state index in [9.17, 15) is 4.79 Å². The molecular weight excluding hydrogens is 316 g/mol. The van der Waals surface area contributed by atoms with Gasteiger partial charge in [-0.25, -0.2) is 4.68 Å². The number of amides is 1. The molecule has 7 nitrogen and oxygen atoms in total. The molecule has 4 rings (SSSR count). The third-order valence-electron chi connectivity index (χ3n) is 5.13. The molecule has 132 valence electrons. The van der Waals surface area contributed by atoms with Crippen molar-refractivity contribution in [2.45, 2.75) is 19.4 Å². The fraction of sp³-hybridized carbons (Fsp3) is 0.500. The Morgan fingerprint density at radius 1 is 1.16 bits per heavy atom. The Balaban J connectivity index is 1.42. The summed E-state index contributed by atoms with van der Waals surface area (Å²) in [5.41, 5.74) is 2.52. The molecule has 1 aromatic heterocycles. The van der Waals surface area contributed by atoms with Crippen LogP contribution in [-0.2, 0) is 0 Å². The molecule has 0 saturated carbocycles. The molecule has 3 heterocycles. The van der Waals surface area contributed by atoms with E-state index in [0.29, 0.717) is 11.7 Å². The lowest BCUT2D eigenvalue weighted by Crippen LogP contribution is -2.49. The van der Waals surface area contributed by atoms with Crippen LogP contribution < -0.4 is 5.32 Å². The molecule has 7 heteroatoms. The quantitative estimate of drug-likeness (QED) is 0.891. The third kappa shape index (κ3) is 3.43. The van der Waals surface area contributed by atoms with Crippen LogP contribution in [0.4, 0.5) is 0 Å². The second-order valence-electron chi connectivity index (χ2n) is 6.86. The van der Waals surface area contributed by atoms with Crippen molar-refractivity contribution in [3.05, 3.63) is 41.7 Å². The Bertz CT molecular complexity index is 734. The van der Waals surface area contributed by atoms with Crippen molar-refractivity contribution in [2.75, 3.05) is 39.3 Å². The number of nitrogens with zero attached hydrogens (tertiary/aromatic N) is 5. The highest BCUT2D eigenvalue weighted by atomic mass is 16.2. The van der Waals surface area contributed by atoms with Gasteiger partial charge in [-0.15, -0.1) is 5.10 Å². The molecule has 2 aromatic rings. The van der Waals surface area contributed by atoms with Gasteiger partial charge in [0.1, 0.15) is 0 Å². The Morgan fingerprint density at radius 2 is 1.92 bits per heavy atom. The Hall–Kier alpha value is -2.25. The van der Waals surface area contributed by atoms with E-state index in [1.807, 2.05) is 36.1 Å². The van der Waals surface area contributed by atoms with Gasteiger partial charge in [-0.3, -0.25) is 9.69 Å². The molecule has 1 aromatic carbocycles. The summed E-state index contributed by atoms with van der Waals surface area (Å²) in [6.45, 7) is 7.83. The summed E-state index contributed by atoms with van der Waals surface area (Å²) in [4.78, 5) is 17.2. The fourth-order valence-corrected chi connectivity index (χ4v) is 3.62. The zero-order chi connectivity index (χ0) is 17.2. The average Bonchev–Trinajstić information content (AvgIpc) is 3.33. The van der Waals surface area contributed by atoms with E-state index in [2.05, 4.69) is 20.5 Å². The standard InChI is InChI=1S/C18H24N6O/c1-14-2-4-15(5-3-14)24-13-17(20-21-24)18(25)23-9-6-16(12-23)22-10-7-19-8-11-22/h2-5,13,16,19H,6-12H2,1H3. The van der Waals surface area contributed by atoms with Crippen molar-refractivity contribution in [1.82, 2.24) is 30.1 Å². The van der Waals surface area contributed by atoms with Gasteiger partial charge in [0.2, 0.25) is 0 Å². The molecule has 0 spiro atoms. The van der Waals surface area contributed by atoms with Gasteiger partial charge < -0.3 is 10.2 Å². The van der Waals surface area contributed by atoms with Crippen molar-refractivity contribution in [1.29, 1.82) is 0 Å². The van der Waals surface area contributed by atoms with Crippen LogP contribution in [0.2, 0.25) is 0 Å². The summed E-state index contributed by atoms with van der Waals surface area (Å²) in [5, 5.41) is 11.6. The minimum Gasteiger partial charge on any atom is -0.336 e. The minimum atomic E-state index is -0.0176. The molecule has 2 aliphatic rings. The van der Waals surface area contributed by atoms with Gasteiger partial charge >= 0.3 is 0 Å². The number of rotatable bonds is 3. The predicted molar refractivity (Wildman–Crippen MR) is 94.8 cm³/mol. The number of aryl methyl sites for hydroxylation is 1. The van der Waals surface area contributed by atoms with Crippen LogP contribution in [0.5, 0.6) is 0 Å². The number of aromatic nitrogens is 3. The van der Waals surface area contributed by atoms with Crippen molar-refractivity contribution >= 4 is 5.91 Å². The second kappa shape index (κ2) is 6.93. The number of nitrogens with one attached hydrogen (secondary N) is 1. The van der Waals surface area contributed by atoms with Crippen LogP contribution in [0.1, 0.15) is 22.5 Å². The van der Waals surface area contributed by atoms with E-state index in [-0.39, 0.29) is 5.91 Å². The van der Waals surface area contributed by atoms with Crippen molar-refractivity contribution in [2.24, 2.45) is 0 Å². The number of hydrogen-bond donors (Lipinski definition) is 1. The lowest BCUT2D eigenvalue weighted by molar-refractivity contribution is 0.0767. The van der Waals surface area contributed by atoms with Crippen LogP contribution in [0, 0.1) is 6.92 Å². The predicted octanol–water partition coefficient (Wildman–Crippen LogP) is 0.695. The van der Waals surface area contributed by atoms with Gasteiger partial charge in [-0.05, 0) is 25.5 Å². The summed E-state index contributed by atoms with van der Waals surface area (Å²) in [6, 6.07) is 8.48. The Morgan fingerprint density at radius 3 is 2.68 bits per heavy atom. The summed E-state index contributed by atoms with van der Waals surface area (Å²) in [6.07, 6.45) is 2.77. The second-order valence-corrected chi connectivity index (χ2v) is 6.86. The topological polar surface area (TPSA) is 66.3 Å². The summed E-state index contributed by atoms with van der Waals surface area (Å²) in [5.74, 6) is -0.0176. The highest BCUT2D eigenvalue weighted by Crippen LogP contribution is 2.18. The van der Waals surface area contributed by atoms with E-state index < -0.39 is 0 Å². The first-order valence-electron chi connectivity index (χ1n) is 8.94. The molecule has 0 aliphatic carbocycles. The summed E-state index contributed by atoms with van der Waals surface area (Å²) < 4.78 is 1.66. The molecule has 2 fully saturated rings. The zero-order valence-corrected chi connectivity index (χ0v) is 14.6. The van der Waals surface area contributed by atoms with E-state index in [0.717, 1.165) is 51.4 Å². The van der Waals surface area contributed by atoms with Gasteiger partial charge in [0.15, 0.2) is 5.69 Å². The minimum absolute atomic E-state index is 0.0176. The first kappa shape index (κ1) is 16.2. The molecule has 0 radical (unpaired) electrons. The van der Waals surface area contributed by atoms with Crippen molar-refractivity contribution < 1.29 is 4.79 Å². The lowest BCUT2D eigenvalue weighted by Gasteiger charge is -2.32. The third-order valence-corrected chi connectivity index (χ3v) is 5.13. The Labute approximate surface area is 147 Å². The van der Waals surface area contributed by atoms with Crippen molar-refractivity contribution in [3.8, 4) is 5.69 Å². The fourth-order valence-electron chi connectivity index (χ4n) is 3.62. The average molecular weight is 340 g/mol. The largest absolute Gasteiger partial charge is 0.336 e. The maximum atomic E-state index is 12.8. The molecule has 1 unspecified atom stereocenters. The number of likely N-dealkylation sites (tertiary alicyclic amines) is 1. The maximum absolute atomic E-state index is 12.8. The van der Waals surface area contributed by atoms with Gasteiger partial charge in [-0.2, -0.15) is 0 Å². The number of benzene rings is 1. The molecule has 1 atom stereocenters. The SMILES string of the molecule is Cc1ccc(-n2cc(C(=O)N3CCC(N4CCNCC4)C3)nn2)cc1. The first-order valence-corrected chi connectivity index (χ1v) is 8.94. The maximum Gasteiger partial charge on any atom is 0.276 e. The monoisotopic (exact) mass is 340 g/mol. The molecule has 1 N–H and O–H groups in total. The summed E-state index contributed by atoms with van der Waals surface area (Å²) >= 11 is 0. The van der Waals surface area contributed by atoms with Gasteiger partial charge in [0.25, 0.3) is 5.91 Å². The van der Waals surface area contributed by atoms with Crippen LogP contribution in [0.3, 0.4) is 0 Å². The lowest BCUT2D eigenvalue weighted by atomic mass is 10.2. The van der Waals surface area contributed by atoms with Crippen LogP contribution in [0.15, 0.2) is 30.5 Å². The molecule has 2 aliphatic heterocycles. The smallest absolute Gasteiger partial charge is 0.276 e. The molecular formula is C18H24N6O. The highest BCUT2D eigenvalue weighted by molar-refractivity contribution is 5.92. The van der Waals surface area contributed by atoms with E-state index in [1.54, 1.807) is 10.9 Å². The number of carbonyl (C=O) groups is 1. The zero-order valence-electron chi connectivity index (χ0n) is 14.6. The summed E-state index contributed by atoms with van der Waals surface area (Å²) in [7, 11) is 0. The number of hydrogen-bond acceptors (Lipinski definition) is 5. The molecule has 0 bridgehead atoms. The van der Waals surface area contributed by atoms with Crippen LogP contribution in [0.25, 0.3) is 5.69 Å². The molecule has 1 amide bonds. The molecule has 2 saturated heterocycles. The number of carbonyl (C=O) groups excluding carboxylic acids is 1. The van der Waals surface area contributed by atoms with Crippen LogP contribution >= 0.6 is 0 Å².